The number of carboxylic acid groups (broad SMARTS) is 1. The Morgan fingerprint density at radius 2 is 1.50 bits per heavy atom. The molecule has 0 rings (SSSR count). The van der Waals surface area contributed by atoms with Crippen LogP contribution in [0.25, 0.3) is 0 Å². The molecule has 0 aromatic heterocycles. The van der Waals surface area contributed by atoms with Gasteiger partial charge in [-0.15, -0.1) is 0 Å². The molecular weight excluding hydrogens is 362 g/mol. The summed E-state index contributed by atoms with van der Waals surface area (Å²) in [6.45, 7) is 3.40. The molecule has 0 aliphatic carbocycles. The van der Waals surface area contributed by atoms with Crippen LogP contribution in [0.5, 0.6) is 0 Å². The Morgan fingerprint density at radius 1 is 1.04 bits per heavy atom. The van der Waals surface area contributed by atoms with Gasteiger partial charge in [0.2, 0.25) is 0 Å². The van der Waals surface area contributed by atoms with Crippen LogP contribution >= 0.6 is 0 Å². The molecule has 140 valence electrons. The summed E-state index contributed by atoms with van der Waals surface area (Å²) in [5.41, 5.74) is -1.75. The predicted molar refractivity (Wildman–Crippen MR) is 72.4 cm³/mol. The van der Waals surface area contributed by atoms with Crippen LogP contribution in [0.15, 0.2) is 12.2 Å². The van der Waals surface area contributed by atoms with Gasteiger partial charge in [-0.3, -0.25) is 0 Å². The van der Waals surface area contributed by atoms with Crippen LogP contribution in [0.3, 0.4) is 0 Å². The summed E-state index contributed by atoms with van der Waals surface area (Å²) in [6.07, 6.45) is -10.8. The van der Waals surface area contributed by atoms with E-state index >= 15 is 0 Å². The van der Waals surface area contributed by atoms with Crippen LogP contribution < -0.4 is 5.11 Å². The fourth-order valence-electron chi connectivity index (χ4n) is 2.21. The minimum Gasteiger partial charge on any atom is -0.545 e. The second-order valence-corrected chi connectivity index (χ2v) is 11.6. The summed E-state index contributed by atoms with van der Waals surface area (Å²) in [7, 11) is -2.93. The molecule has 0 spiro atoms. The summed E-state index contributed by atoms with van der Waals surface area (Å²) in [5.74, 6) is -6.39. The van der Waals surface area contributed by atoms with Gasteiger partial charge >= 0.3 is 18.3 Å². The molecule has 0 heterocycles. The normalized spacial score (nSPS) is 14.9. The van der Waals surface area contributed by atoms with E-state index in [4.69, 9.17) is 0 Å². The smallest absolute Gasteiger partial charge is 0.400 e. The van der Waals surface area contributed by atoms with Crippen molar-refractivity contribution in [2.24, 2.45) is 5.92 Å². The van der Waals surface area contributed by atoms with Crippen molar-refractivity contribution in [1.82, 2.24) is 0 Å². The monoisotopic (exact) mass is 379 g/mol. The zero-order chi connectivity index (χ0) is 19.3. The third-order valence-corrected chi connectivity index (χ3v) is 6.10. The van der Waals surface area contributed by atoms with Gasteiger partial charge in [0.05, 0.1) is 12.6 Å². The molecular formula is C13H17F6O4Si-. The molecule has 11 heteroatoms. The quantitative estimate of drug-likeness (QED) is 0.295. The molecule has 1 unspecified atom stereocenters. The van der Waals surface area contributed by atoms with Crippen molar-refractivity contribution in [3.63, 3.8) is 0 Å². The van der Waals surface area contributed by atoms with Crippen LogP contribution in [-0.2, 0) is 14.3 Å². The zero-order valence-corrected chi connectivity index (χ0v) is 14.1. The highest BCUT2D eigenvalue weighted by atomic mass is 28.3. The Balaban J connectivity index is 5.17. The van der Waals surface area contributed by atoms with Crippen molar-refractivity contribution in [1.29, 1.82) is 0 Å². The van der Waals surface area contributed by atoms with Gasteiger partial charge in [0, 0.05) is 14.1 Å². The van der Waals surface area contributed by atoms with E-state index in [1.54, 1.807) is 0 Å². The second kappa shape index (κ2) is 8.04. The number of carbonyl (C=O) groups is 2. The first-order chi connectivity index (χ1) is 10.6. The van der Waals surface area contributed by atoms with E-state index in [1.165, 1.54) is 19.6 Å². The third kappa shape index (κ3) is 7.84. The first kappa shape index (κ1) is 22.5. The van der Waals surface area contributed by atoms with Crippen LogP contribution in [0.4, 0.5) is 26.3 Å². The molecule has 0 saturated heterocycles. The summed E-state index contributed by atoms with van der Waals surface area (Å²) in [5, 5.41) is 10.1. The van der Waals surface area contributed by atoms with E-state index in [0.717, 1.165) is 0 Å². The lowest BCUT2D eigenvalue weighted by molar-refractivity contribution is -0.297. The van der Waals surface area contributed by atoms with Crippen molar-refractivity contribution in [3.8, 4) is 0 Å². The minimum absolute atomic E-state index is 0.340. The number of ether oxygens (including phenoxy) is 1. The molecule has 0 bridgehead atoms. The minimum atomic E-state index is -5.47. The van der Waals surface area contributed by atoms with Crippen LogP contribution in [0, 0.1) is 5.92 Å². The lowest BCUT2D eigenvalue weighted by Gasteiger charge is -2.37. The molecule has 4 nitrogen and oxygen atoms in total. The average molecular weight is 379 g/mol. The number of aliphatic carboxylic acids is 1. The molecule has 0 aromatic carbocycles. The van der Waals surface area contributed by atoms with Gasteiger partial charge in [-0.1, -0.05) is 19.6 Å². The summed E-state index contributed by atoms with van der Waals surface area (Å²) >= 11 is 0. The van der Waals surface area contributed by atoms with Crippen molar-refractivity contribution in [3.05, 3.63) is 12.2 Å². The number of hydrogen-bond acceptors (Lipinski definition) is 4. The number of hydrogen-bond donors (Lipinski definition) is 0. The molecule has 0 aliphatic heterocycles. The zero-order valence-electron chi connectivity index (χ0n) is 13.1. The van der Waals surface area contributed by atoms with Crippen molar-refractivity contribution in [2.45, 2.75) is 44.0 Å². The number of esters is 1. The molecule has 0 radical (unpaired) electrons. The molecule has 0 N–H and O–H groups in total. The predicted octanol–water partition coefficient (Wildman–Crippen LogP) is 2.68. The number of carboxylic acids is 1. The van der Waals surface area contributed by atoms with E-state index in [9.17, 15) is 41.0 Å². The van der Waals surface area contributed by atoms with Gasteiger partial charge in [-0.05, 0) is 18.0 Å². The number of rotatable bonds is 7. The molecule has 0 amide bonds. The fraction of sp³-hybridized carbons (Fsp3) is 0.692. The highest BCUT2D eigenvalue weighted by molar-refractivity contribution is 6.77. The number of alkyl halides is 6. The van der Waals surface area contributed by atoms with Gasteiger partial charge in [0.15, 0.2) is 5.92 Å². The maximum Gasteiger partial charge on any atom is 0.400 e. The van der Waals surface area contributed by atoms with E-state index in [0.29, 0.717) is 12.2 Å². The number of halogens is 6. The Bertz CT molecular complexity index is 464. The molecule has 0 fully saturated rings. The van der Waals surface area contributed by atoms with Gasteiger partial charge in [-0.2, -0.15) is 26.3 Å². The van der Waals surface area contributed by atoms with Crippen LogP contribution in [0.1, 0.15) is 6.42 Å². The van der Waals surface area contributed by atoms with E-state index < -0.39 is 56.9 Å². The van der Waals surface area contributed by atoms with Gasteiger partial charge in [0.25, 0.3) is 0 Å². The average Bonchev–Trinajstić information content (AvgIpc) is 2.30. The van der Waals surface area contributed by atoms with E-state index in [1.807, 2.05) is 0 Å². The van der Waals surface area contributed by atoms with Crippen LogP contribution in [-0.4, -0.2) is 39.0 Å². The SMILES string of the molecule is C[Si](C)(C)C(CCOC(=O)C=CC(=O)[O-])C(C(F)(F)F)C(F)(F)F. The highest BCUT2D eigenvalue weighted by Gasteiger charge is 2.62. The van der Waals surface area contributed by atoms with Crippen molar-refractivity contribution < 1.29 is 45.8 Å². The third-order valence-electron chi connectivity index (χ3n) is 3.25. The summed E-state index contributed by atoms with van der Waals surface area (Å²) in [6, 6.07) is 0. The van der Waals surface area contributed by atoms with E-state index in [-0.39, 0.29) is 0 Å². The molecule has 0 saturated carbocycles. The molecule has 24 heavy (non-hydrogen) atoms. The summed E-state index contributed by atoms with van der Waals surface area (Å²) in [4.78, 5) is 21.2. The first-order valence-electron chi connectivity index (χ1n) is 6.76. The van der Waals surface area contributed by atoms with Gasteiger partial charge in [0.1, 0.15) is 0 Å². The van der Waals surface area contributed by atoms with Crippen molar-refractivity contribution in [2.75, 3.05) is 6.61 Å². The Hall–Kier alpha value is -1.52. The second-order valence-electron chi connectivity index (χ2n) is 6.14. The summed E-state index contributed by atoms with van der Waals surface area (Å²) < 4.78 is 81.9. The molecule has 1 atom stereocenters. The largest absolute Gasteiger partial charge is 0.545 e. The number of carbonyl (C=O) groups excluding carboxylic acids is 2. The highest BCUT2D eigenvalue weighted by Crippen LogP contribution is 2.50. The Labute approximate surface area is 135 Å². The first-order valence-corrected chi connectivity index (χ1v) is 10.3. The van der Waals surface area contributed by atoms with Gasteiger partial charge in [-0.25, -0.2) is 4.79 Å². The van der Waals surface area contributed by atoms with E-state index in [2.05, 4.69) is 4.74 Å². The Morgan fingerprint density at radius 3 is 1.83 bits per heavy atom. The lowest BCUT2D eigenvalue weighted by Crippen LogP contribution is -2.47. The van der Waals surface area contributed by atoms with Crippen LogP contribution in [0.2, 0.25) is 25.2 Å². The topological polar surface area (TPSA) is 66.4 Å². The standard InChI is InChI=1S/C13H18F6O4Si/c1-24(2,3)8(11(12(14,15)16)13(17,18)19)6-7-23-10(22)5-4-9(20)21/h4-5,8,11H,6-7H2,1-3H3,(H,20,21)/p-1. The fourth-order valence-corrected chi connectivity index (χ4v) is 4.57. The van der Waals surface area contributed by atoms with Gasteiger partial charge < -0.3 is 14.6 Å². The van der Waals surface area contributed by atoms with Crippen molar-refractivity contribution >= 4 is 20.0 Å². The maximum absolute atomic E-state index is 12.9. The molecule has 0 aliphatic rings. The maximum atomic E-state index is 12.9. The lowest BCUT2D eigenvalue weighted by atomic mass is 10.0. The Kier molecular flexibility index (Phi) is 7.53. The molecule has 0 aromatic rings.